The third-order valence-electron chi connectivity index (χ3n) is 4.89. The Kier molecular flexibility index (Phi) is 4.07. The van der Waals surface area contributed by atoms with E-state index in [1.807, 2.05) is 42.0 Å². The van der Waals surface area contributed by atoms with E-state index in [2.05, 4.69) is 32.3 Å². The minimum absolute atomic E-state index is 0.215. The Labute approximate surface area is 141 Å². The van der Waals surface area contributed by atoms with Crippen LogP contribution in [-0.2, 0) is 17.9 Å². The Morgan fingerprint density at radius 2 is 2.12 bits per heavy atom. The molecule has 1 aliphatic rings. The Bertz CT molecular complexity index is 821. The third-order valence-corrected chi connectivity index (χ3v) is 4.89. The lowest BCUT2D eigenvalue weighted by atomic mass is 9.98. The molecule has 0 N–H and O–H groups in total. The Balaban J connectivity index is 1.42. The van der Waals surface area contributed by atoms with E-state index >= 15 is 0 Å². The first kappa shape index (κ1) is 15.0. The zero-order valence-corrected chi connectivity index (χ0v) is 13.7. The number of hydrogen-bond acceptors (Lipinski definition) is 2. The highest BCUT2D eigenvalue weighted by molar-refractivity contribution is 5.83. The summed E-state index contributed by atoms with van der Waals surface area (Å²) >= 11 is 0. The molecule has 0 bridgehead atoms. The van der Waals surface area contributed by atoms with Gasteiger partial charge in [0.15, 0.2) is 0 Å². The molecule has 2 aromatic heterocycles. The minimum Gasteiger partial charge on any atom is -0.341 e. The average Bonchev–Trinajstić information content (AvgIpc) is 3.25. The first-order valence-corrected chi connectivity index (χ1v) is 8.57. The van der Waals surface area contributed by atoms with Gasteiger partial charge >= 0.3 is 0 Å². The summed E-state index contributed by atoms with van der Waals surface area (Å²) in [6, 6.07) is 10.3. The molecule has 1 amide bonds. The van der Waals surface area contributed by atoms with Crippen molar-refractivity contribution in [3.05, 3.63) is 55.2 Å². The second-order valence-electron chi connectivity index (χ2n) is 6.61. The van der Waals surface area contributed by atoms with Gasteiger partial charge in [0.25, 0.3) is 0 Å². The highest BCUT2D eigenvalue weighted by Crippen LogP contribution is 2.20. The number of carbonyl (C=O) groups excluding carboxylic acids is 1. The van der Waals surface area contributed by atoms with E-state index < -0.39 is 0 Å². The molecule has 24 heavy (non-hydrogen) atoms. The minimum atomic E-state index is 0.215. The standard InChI is InChI=1S/C19H22N4O/c24-19(14-22-10-7-17-5-1-2-6-18(17)22)23-9-3-4-16(13-23)12-21-11-8-20-15-21/h1-2,5-8,10-11,15-16H,3-4,9,12-14H2. The van der Waals surface area contributed by atoms with Crippen molar-refractivity contribution in [1.29, 1.82) is 0 Å². The number of amides is 1. The molecule has 1 saturated heterocycles. The maximum absolute atomic E-state index is 12.7. The zero-order chi connectivity index (χ0) is 16.4. The second kappa shape index (κ2) is 6.51. The van der Waals surface area contributed by atoms with Gasteiger partial charge in [0.2, 0.25) is 5.91 Å². The molecule has 1 atom stereocenters. The fourth-order valence-corrected chi connectivity index (χ4v) is 3.66. The lowest BCUT2D eigenvalue weighted by molar-refractivity contribution is -0.133. The molecule has 0 radical (unpaired) electrons. The molecule has 1 aromatic carbocycles. The molecule has 1 aliphatic heterocycles. The topological polar surface area (TPSA) is 43.1 Å². The molecule has 4 rings (SSSR count). The molecule has 1 fully saturated rings. The van der Waals surface area contributed by atoms with Crippen molar-refractivity contribution in [2.75, 3.05) is 13.1 Å². The van der Waals surface area contributed by atoms with Crippen LogP contribution in [-0.4, -0.2) is 38.0 Å². The van der Waals surface area contributed by atoms with Crippen molar-refractivity contribution in [3.8, 4) is 0 Å². The van der Waals surface area contributed by atoms with E-state index in [-0.39, 0.29) is 5.91 Å². The van der Waals surface area contributed by atoms with Gasteiger partial charge in [-0.1, -0.05) is 18.2 Å². The molecule has 0 aliphatic carbocycles. The van der Waals surface area contributed by atoms with Crippen molar-refractivity contribution >= 4 is 16.8 Å². The number of likely N-dealkylation sites (tertiary alicyclic amines) is 1. The first-order valence-electron chi connectivity index (χ1n) is 8.57. The summed E-state index contributed by atoms with van der Waals surface area (Å²) in [6.07, 6.45) is 9.92. The van der Waals surface area contributed by atoms with Crippen LogP contribution in [0.4, 0.5) is 0 Å². The zero-order valence-electron chi connectivity index (χ0n) is 13.7. The second-order valence-corrected chi connectivity index (χ2v) is 6.61. The summed E-state index contributed by atoms with van der Waals surface area (Å²) in [5, 5.41) is 1.18. The van der Waals surface area contributed by atoms with Crippen LogP contribution in [0, 0.1) is 5.92 Å². The molecule has 3 aromatic rings. The molecule has 3 heterocycles. The fraction of sp³-hybridized carbons (Fsp3) is 0.368. The van der Waals surface area contributed by atoms with Gasteiger partial charge in [0, 0.05) is 43.7 Å². The van der Waals surface area contributed by atoms with Crippen molar-refractivity contribution in [1.82, 2.24) is 19.0 Å². The largest absolute Gasteiger partial charge is 0.341 e. The summed E-state index contributed by atoms with van der Waals surface area (Å²) in [5.74, 6) is 0.727. The number of hydrogen-bond donors (Lipinski definition) is 0. The smallest absolute Gasteiger partial charge is 0.242 e. The van der Waals surface area contributed by atoms with Crippen LogP contribution < -0.4 is 0 Å². The summed E-state index contributed by atoms with van der Waals surface area (Å²) in [7, 11) is 0. The molecule has 0 spiro atoms. The number of imidazole rings is 1. The number of benzene rings is 1. The van der Waals surface area contributed by atoms with Crippen molar-refractivity contribution in [2.24, 2.45) is 5.92 Å². The maximum Gasteiger partial charge on any atom is 0.242 e. The third kappa shape index (κ3) is 3.07. The van der Waals surface area contributed by atoms with E-state index in [9.17, 15) is 4.79 Å². The highest BCUT2D eigenvalue weighted by Gasteiger charge is 2.24. The van der Waals surface area contributed by atoms with Gasteiger partial charge in [0.1, 0.15) is 6.54 Å². The molecular weight excluding hydrogens is 300 g/mol. The highest BCUT2D eigenvalue weighted by atomic mass is 16.2. The summed E-state index contributed by atoms with van der Waals surface area (Å²) < 4.78 is 4.16. The van der Waals surface area contributed by atoms with E-state index in [0.717, 1.165) is 31.6 Å². The predicted molar refractivity (Wildman–Crippen MR) is 93.5 cm³/mol. The van der Waals surface area contributed by atoms with E-state index in [1.165, 1.54) is 11.8 Å². The lowest BCUT2D eigenvalue weighted by Crippen LogP contribution is -2.42. The molecule has 5 heteroatoms. The Hall–Kier alpha value is -2.56. The number of fused-ring (bicyclic) bond motifs is 1. The average molecular weight is 322 g/mol. The Morgan fingerprint density at radius 1 is 1.21 bits per heavy atom. The van der Waals surface area contributed by atoms with Crippen LogP contribution in [0.2, 0.25) is 0 Å². The van der Waals surface area contributed by atoms with E-state index in [4.69, 9.17) is 0 Å². The summed E-state index contributed by atoms with van der Waals surface area (Å²) in [4.78, 5) is 18.9. The number of rotatable bonds is 4. The summed E-state index contributed by atoms with van der Waals surface area (Å²) in [5.41, 5.74) is 1.12. The number of piperidine rings is 1. The predicted octanol–water partition coefficient (Wildman–Crippen LogP) is 2.78. The summed E-state index contributed by atoms with van der Waals surface area (Å²) in [6.45, 7) is 3.08. The first-order chi connectivity index (χ1) is 11.8. The molecular formula is C19H22N4O. The van der Waals surface area contributed by atoms with Crippen molar-refractivity contribution in [3.63, 3.8) is 0 Å². The van der Waals surface area contributed by atoms with E-state index in [0.29, 0.717) is 12.5 Å². The van der Waals surface area contributed by atoms with Crippen LogP contribution in [0.25, 0.3) is 10.9 Å². The SMILES string of the molecule is O=C(Cn1ccc2ccccc21)N1CCCC(Cn2ccnc2)C1. The van der Waals surface area contributed by atoms with Crippen molar-refractivity contribution in [2.45, 2.75) is 25.9 Å². The fourth-order valence-electron chi connectivity index (χ4n) is 3.66. The number of para-hydroxylation sites is 1. The van der Waals surface area contributed by atoms with Crippen LogP contribution in [0.5, 0.6) is 0 Å². The number of aromatic nitrogens is 3. The van der Waals surface area contributed by atoms with Gasteiger partial charge in [-0.3, -0.25) is 4.79 Å². The van der Waals surface area contributed by atoms with Crippen molar-refractivity contribution < 1.29 is 4.79 Å². The van der Waals surface area contributed by atoms with Gasteiger partial charge in [-0.2, -0.15) is 0 Å². The quantitative estimate of drug-likeness (QED) is 0.741. The Morgan fingerprint density at radius 3 is 3.00 bits per heavy atom. The lowest BCUT2D eigenvalue weighted by Gasteiger charge is -2.33. The molecule has 1 unspecified atom stereocenters. The van der Waals surface area contributed by atoms with Crippen LogP contribution in [0.15, 0.2) is 55.2 Å². The number of nitrogens with zero attached hydrogens (tertiary/aromatic N) is 4. The van der Waals surface area contributed by atoms with Gasteiger partial charge in [0.05, 0.1) is 6.33 Å². The van der Waals surface area contributed by atoms with Crippen LogP contribution in [0.3, 0.4) is 0 Å². The van der Waals surface area contributed by atoms with Crippen LogP contribution in [0.1, 0.15) is 12.8 Å². The van der Waals surface area contributed by atoms with Gasteiger partial charge in [-0.25, -0.2) is 4.98 Å². The maximum atomic E-state index is 12.7. The molecule has 124 valence electrons. The van der Waals surface area contributed by atoms with Gasteiger partial charge in [-0.05, 0) is 36.3 Å². The van der Waals surface area contributed by atoms with Gasteiger partial charge < -0.3 is 14.0 Å². The normalized spacial score (nSPS) is 18.2. The van der Waals surface area contributed by atoms with Crippen LogP contribution >= 0.6 is 0 Å². The number of carbonyl (C=O) groups is 1. The monoisotopic (exact) mass is 322 g/mol. The van der Waals surface area contributed by atoms with Gasteiger partial charge in [-0.15, -0.1) is 0 Å². The van der Waals surface area contributed by atoms with E-state index in [1.54, 1.807) is 0 Å². The molecule has 5 nitrogen and oxygen atoms in total. The molecule has 0 saturated carbocycles.